The Morgan fingerprint density at radius 3 is 2.67 bits per heavy atom. The summed E-state index contributed by atoms with van der Waals surface area (Å²) in [7, 11) is 0. The van der Waals surface area contributed by atoms with Gasteiger partial charge in [0.2, 0.25) is 0 Å². The number of hydrogen-bond donors (Lipinski definition) is 0. The van der Waals surface area contributed by atoms with Crippen molar-refractivity contribution in [2.24, 2.45) is 0 Å². The van der Waals surface area contributed by atoms with Gasteiger partial charge < -0.3 is 0 Å². The molecule has 0 unspecified atom stereocenters. The Morgan fingerprint density at radius 2 is 1.97 bits per heavy atom. The molecule has 152 valence electrons. The number of rotatable bonds is 9. The first kappa shape index (κ1) is 20.4. The predicted octanol–water partition coefficient (Wildman–Crippen LogP) is 5.30. The zero-order chi connectivity index (χ0) is 21.1. The van der Waals surface area contributed by atoms with E-state index in [2.05, 4.69) is 16.5 Å². The van der Waals surface area contributed by atoms with Gasteiger partial charge in [-0.1, -0.05) is 43.8 Å². The monoisotopic (exact) mass is 416 g/mol. The zero-order valence-electron chi connectivity index (χ0n) is 17.0. The van der Waals surface area contributed by atoms with Crippen molar-refractivity contribution in [3.8, 4) is 11.1 Å². The molecule has 0 amide bonds. The number of benzene rings is 1. The first-order chi connectivity index (χ1) is 14.5. The molecule has 0 bridgehead atoms. The Hall–Kier alpha value is -2.92. The van der Waals surface area contributed by atoms with Gasteiger partial charge in [0.25, 0.3) is 0 Å². The molecule has 0 aliphatic heterocycles. The number of allylic oxidation sites excluding steroid dienone is 1. The molecule has 0 saturated heterocycles. The fraction of sp³-hybridized carbons (Fsp3) is 0.280. The summed E-state index contributed by atoms with van der Waals surface area (Å²) in [5, 5.41) is 0.916. The fourth-order valence-electron chi connectivity index (χ4n) is 3.39. The van der Waals surface area contributed by atoms with Crippen LogP contribution in [-0.4, -0.2) is 21.5 Å². The number of carbonyl (C=O) groups excluding carboxylic acids is 2. The maximum absolute atomic E-state index is 12.8. The van der Waals surface area contributed by atoms with Crippen LogP contribution in [0.5, 0.6) is 0 Å². The summed E-state index contributed by atoms with van der Waals surface area (Å²) in [6.45, 7) is 5.45. The molecule has 4 rings (SSSR count). The molecule has 30 heavy (non-hydrogen) atoms. The molecule has 4 nitrogen and oxygen atoms in total. The van der Waals surface area contributed by atoms with Gasteiger partial charge >= 0.3 is 0 Å². The molecule has 1 aliphatic carbocycles. The molecule has 3 aromatic rings. The number of nitrogens with zero attached hydrogens (tertiary/aromatic N) is 2. The first-order valence-corrected chi connectivity index (χ1v) is 11.0. The zero-order valence-corrected chi connectivity index (χ0v) is 17.8. The number of aromatic nitrogens is 2. The third-order valence-corrected chi connectivity index (χ3v) is 6.65. The van der Waals surface area contributed by atoms with E-state index in [1.54, 1.807) is 17.5 Å². The lowest BCUT2D eigenvalue weighted by molar-refractivity contribution is -0.119. The van der Waals surface area contributed by atoms with Crippen LogP contribution in [0.2, 0.25) is 0 Å². The quantitative estimate of drug-likeness (QED) is 0.444. The predicted molar refractivity (Wildman–Crippen MR) is 120 cm³/mol. The van der Waals surface area contributed by atoms with Gasteiger partial charge in [0.05, 0.1) is 12.8 Å². The fourth-order valence-corrected chi connectivity index (χ4v) is 4.49. The Bertz CT molecular complexity index is 1080. The summed E-state index contributed by atoms with van der Waals surface area (Å²) in [6.07, 6.45) is 8.17. The molecule has 1 atom stereocenters. The average molecular weight is 417 g/mol. The van der Waals surface area contributed by atoms with E-state index in [4.69, 9.17) is 0 Å². The number of thiazole rings is 1. The first-order valence-electron chi connectivity index (χ1n) is 10.2. The van der Waals surface area contributed by atoms with Crippen molar-refractivity contribution < 1.29 is 9.59 Å². The molecular formula is C25H24N2O2S. The second-order valence-corrected chi connectivity index (χ2v) is 8.95. The standard InChI is InChI=1S/C25H24N2O2S/c1-3-22(28)12-21-10-9-20(14-26-21)19-6-4-5-18(11-19)16(2)23(29)13-25-27-15-24(30-25)17-7-8-17/h3-6,9-11,14-17H,1,7-8,12-13H2,2H3/t16-/m0/s1. The van der Waals surface area contributed by atoms with Crippen LogP contribution >= 0.6 is 11.3 Å². The van der Waals surface area contributed by atoms with Crippen molar-refractivity contribution in [1.82, 2.24) is 9.97 Å². The summed E-state index contributed by atoms with van der Waals surface area (Å²) in [5.41, 5.74) is 3.67. The molecule has 1 aliphatic rings. The number of Topliss-reactive ketones (excluding diaryl/α,β-unsaturated/α-hetero) is 1. The molecule has 2 heterocycles. The molecule has 1 fully saturated rings. The number of hydrogen-bond acceptors (Lipinski definition) is 5. The van der Waals surface area contributed by atoms with E-state index in [0.29, 0.717) is 12.3 Å². The molecule has 1 aromatic carbocycles. The van der Waals surface area contributed by atoms with Crippen molar-refractivity contribution in [3.05, 3.63) is 82.6 Å². The Labute approximate surface area is 180 Å². The van der Waals surface area contributed by atoms with Crippen molar-refractivity contribution >= 4 is 22.9 Å². The Kier molecular flexibility index (Phi) is 6.00. The Balaban J connectivity index is 1.45. The smallest absolute Gasteiger partial charge is 0.161 e. The minimum Gasteiger partial charge on any atom is -0.299 e. The van der Waals surface area contributed by atoms with E-state index < -0.39 is 0 Å². The van der Waals surface area contributed by atoms with Gasteiger partial charge in [0.15, 0.2) is 5.78 Å². The van der Waals surface area contributed by atoms with Gasteiger partial charge in [-0.3, -0.25) is 14.6 Å². The summed E-state index contributed by atoms with van der Waals surface area (Å²) < 4.78 is 0. The molecule has 2 aromatic heterocycles. The van der Waals surface area contributed by atoms with Crippen molar-refractivity contribution in [2.75, 3.05) is 0 Å². The van der Waals surface area contributed by atoms with Gasteiger partial charge in [-0.15, -0.1) is 11.3 Å². The van der Waals surface area contributed by atoms with Gasteiger partial charge in [-0.2, -0.15) is 0 Å². The van der Waals surface area contributed by atoms with Gasteiger partial charge in [0, 0.05) is 34.4 Å². The summed E-state index contributed by atoms with van der Waals surface area (Å²) in [5.74, 6) is 0.611. The molecule has 5 heteroatoms. The van der Waals surface area contributed by atoms with E-state index in [1.165, 1.54) is 23.8 Å². The molecule has 1 saturated carbocycles. The lowest BCUT2D eigenvalue weighted by Gasteiger charge is -2.12. The minimum absolute atomic E-state index is 0.0472. The number of pyridine rings is 1. The van der Waals surface area contributed by atoms with Crippen LogP contribution in [0, 0.1) is 0 Å². The van der Waals surface area contributed by atoms with Crippen LogP contribution in [0.1, 0.15) is 52.7 Å². The van der Waals surface area contributed by atoms with Crippen molar-refractivity contribution in [1.29, 1.82) is 0 Å². The topological polar surface area (TPSA) is 59.9 Å². The minimum atomic E-state index is -0.198. The highest BCUT2D eigenvalue weighted by Crippen LogP contribution is 2.42. The van der Waals surface area contributed by atoms with Crippen molar-refractivity contribution in [2.45, 2.75) is 44.4 Å². The lowest BCUT2D eigenvalue weighted by Crippen LogP contribution is -2.12. The highest BCUT2D eigenvalue weighted by Gasteiger charge is 2.26. The average Bonchev–Trinajstić information content (AvgIpc) is 3.52. The number of ketones is 2. The van der Waals surface area contributed by atoms with Crippen LogP contribution in [-0.2, 0) is 22.4 Å². The summed E-state index contributed by atoms with van der Waals surface area (Å²) in [6, 6.07) is 11.8. The lowest BCUT2D eigenvalue weighted by atomic mass is 9.92. The van der Waals surface area contributed by atoms with E-state index in [0.717, 1.165) is 27.4 Å². The highest BCUT2D eigenvalue weighted by atomic mass is 32.1. The second-order valence-electron chi connectivity index (χ2n) is 7.81. The SMILES string of the molecule is C=CC(=O)Cc1ccc(-c2cccc([C@H](C)C(=O)Cc3ncc(C4CC4)s3)c2)cn1. The van der Waals surface area contributed by atoms with Crippen molar-refractivity contribution in [3.63, 3.8) is 0 Å². The maximum Gasteiger partial charge on any atom is 0.161 e. The van der Waals surface area contributed by atoms with Crippen LogP contribution in [0.15, 0.2) is 61.4 Å². The van der Waals surface area contributed by atoms with Crippen LogP contribution in [0.25, 0.3) is 11.1 Å². The highest BCUT2D eigenvalue weighted by molar-refractivity contribution is 7.11. The third-order valence-electron chi connectivity index (χ3n) is 5.49. The van der Waals surface area contributed by atoms with E-state index in [1.807, 2.05) is 49.5 Å². The van der Waals surface area contributed by atoms with Gasteiger partial charge in [-0.05, 0) is 42.0 Å². The summed E-state index contributed by atoms with van der Waals surface area (Å²) in [4.78, 5) is 34.5. The second kappa shape index (κ2) is 8.84. The third kappa shape index (κ3) is 4.79. The number of carbonyl (C=O) groups is 2. The van der Waals surface area contributed by atoms with E-state index in [9.17, 15) is 9.59 Å². The maximum atomic E-state index is 12.8. The largest absolute Gasteiger partial charge is 0.299 e. The molecular weight excluding hydrogens is 392 g/mol. The normalized spacial score (nSPS) is 14.3. The van der Waals surface area contributed by atoms with Crippen LogP contribution in [0.4, 0.5) is 0 Å². The van der Waals surface area contributed by atoms with Crippen LogP contribution < -0.4 is 0 Å². The van der Waals surface area contributed by atoms with E-state index in [-0.39, 0.29) is 23.9 Å². The summed E-state index contributed by atoms with van der Waals surface area (Å²) >= 11 is 1.68. The van der Waals surface area contributed by atoms with Gasteiger partial charge in [-0.25, -0.2) is 4.98 Å². The molecule has 0 spiro atoms. The Morgan fingerprint density at radius 1 is 1.13 bits per heavy atom. The van der Waals surface area contributed by atoms with Gasteiger partial charge in [0.1, 0.15) is 10.8 Å². The molecule has 0 N–H and O–H groups in total. The molecule has 0 radical (unpaired) electrons. The van der Waals surface area contributed by atoms with E-state index >= 15 is 0 Å². The van der Waals surface area contributed by atoms with Crippen LogP contribution in [0.3, 0.4) is 0 Å².